The maximum absolute atomic E-state index is 12.6. The molecule has 2 aromatic carbocycles. The van der Waals surface area contributed by atoms with Gasteiger partial charge in [0.1, 0.15) is 5.52 Å². The van der Waals surface area contributed by atoms with Crippen molar-refractivity contribution in [2.75, 3.05) is 37.4 Å². The molecule has 0 radical (unpaired) electrons. The Morgan fingerprint density at radius 3 is 2.62 bits per heavy atom. The Hall–Kier alpha value is -3.33. The molecule has 32 heavy (non-hydrogen) atoms. The molecule has 0 aliphatic carbocycles. The molecular weight excluding hydrogens is 421 g/mol. The normalized spacial score (nSPS) is 17.1. The van der Waals surface area contributed by atoms with Gasteiger partial charge in [0.2, 0.25) is 5.91 Å². The number of likely N-dealkylation sites (N-methyl/N-ethyl adjacent to an activating group) is 1. The largest absolute Gasteiger partial charge is 0.423 e. The topological polar surface area (TPSA) is 61.6 Å². The van der Waals surface area contributed by atoms with Crippen LogP contribution in [-0.2, 0) is 11.0 Å². The van der Waals surface area contributed by atoms with Crippen molar-refractivity contribution in [3.63, 3.8) is 0 Å². The third-order valence-corrected chi connectivity index (χ3v) is 5.47. The van der Waals surface area contributed by atoms with Crippen molar-refractivity contribution in [3.05, 3.63) is 59.7 Å². The van der Waals surface area contributed by atoms with E-state index in [1.165, 1.54) is 24.3 Å². The first-order valence-electron chi connectivity index (χ1n) is 10.2. The highest BCUT2D eigenvalue weighted by Gasteiger charge is 2.30. The van der Waals surface area contributed by atoms with Crippen LogP contribution in [-0.4, -0.2) is 49.0 Å². The number of halogens is 3. The fraction of sp³-hybridized carbons (Fsp3) is 0.304. The number of benzene rings is 2. The molecule has 1 aliphatic heterocycles. The van der Waals surface area contributed by atoms with Gasteiger partial charge in [0.15, 0.2) is 5.58 Å². The van der Waals surface area contributed by atoms with Gasteiger partial charge in [-0.3, -0.25) is 4.79 Å². The van der Waals surface area contributed by atoms with E-state index in [1.54, 1.807) is 18.2 Å². The first-order valence-corrected chi connectivity index (χ1v) is 10.2. The van der Waals surface area contributed by atoms with Crippen LogP contribution >= 0.6 is 0 Å². The van der Waals surface area contributed by atoms with Gasteiger partial charge in [-0.2, -0.15) is 18.2 Å². The lowest BCUT2D eigenvalue weighted by Gasteiger charge is -2.19. The fourth-order valence-corrected chi connectivity index (χ4v) is 3.60. The van der Waals surface area contributed by atoms with Gasteiger partial charge in [-0.25, -0.2) is 0 Å². The van der Waals surface area contributed by atoms with Gasteiger partial charge in [0, 0.05) is 30.9 Å². The predicted molar refractivity (Wildman–Crippen MR) is 117 cm³/mol. The minimum absolute atomic E-state index is 0.402. The molecule has 1 fully saturated rings. The van der Waals surface area contributed by atoms with Gasteiger partial charge >= 0.3 is 6.18 Å². The number of aromatic nitrogens is 1. The van der Waals surface area contributed by atoms with E-state index in [2.05, 4.69) is 34.2 Å². The van der Waals surface area contributed by atoms with Crippen LogP contribution < -0.4 is 10.2 Å². The third kappa shape index (κ3) is 4.94. The van der Waals surface area contributed by atoms with Crippen LogP contribution in [0.4, 0.5) is 24.9 Å². The van der Waals surface area contributed by atoms with E-state index >= 15 is 0 Å². The number of oxazole rings is 1. The van der Waals surface area contributed by atoms with Gasteiger partial charge < -0.3 is 19.5 Å². The Bertz CT molecular complexity index is 1140. The summed E-state index contributed by atoms with van der Waals surface area (Å²) < 4.78 is 43.7. The van der Waals surface area contributed by atoms with Crippen molar-refractivity contribution in [1.29, 1.82) is 0 Å². The number of anilines is 2. The molecule has 1 N–H and O–H groups in total. The summed E-state index contributed by atoms with van der Waals surface area (Å²) in [5, 5.41) is 2.73. The Kier molecular flexibility index (Phi) is 5.92. The molecule has 0 bridgehead atoms. The Labute approximate surface area is 183 Å². The Morgan fingerprint density at radius 2 is 1.97 bits per heavy atom. The summed E-state index contributed by atoms with van der Waals surface area (Å²) in [6.07, 6.45) is -0.621. The first kappa shape index (κ1) is 21.9. The van der Waals surface area contributed by atoms with Crippen LogP contribution in [0.5, 0.6) is 0 Å². The summed E-state index contributed by atoms with van der Waals surface area (Å²) in [6.45, 7) is 1.71. The molecule has 3 aromatic rings. The second-order valence-electron chi connectivity index (χ2n) is 7.97. The quantitative estimate of drug-likeness (QED) is 0.581. The van der Waals surface area contributed by atoms with Crippen LogP contribution in [0.15, 0.2) is 53.0 Å². The molecule has 1 aliphatic rings. The number of nitrogens with one attached hydrogen (secondary N) is 1. The number of rotatable bonds is 5. The summed E-state index contributed by atoms with van der Waals surface area (Å²) in [7, 11) is 4.11. The molecule has 0 saturated carbocycles. The predicted octanol–water partition coefficient (Wildman–Crippen LogP) is 4.64. The van der Waals surface area contributed by atoms with E-state index in [9.17, 15) is 18.0 Å². The van der Waals surface area contributed by atoms with Crippen LogP contribution in [0.1, 0.15) is 17.5 Å². The van der Waals surface area contributed by atoms with Gasteiger partial charge in [-0.1, -0.05) is 12.1 Å². The number of hydrogen-bond acceptors (Lipinski definition) is 5. The zero-order valence-electron chi connectivity index (χ0n) is 17.7. The SMILES string of the molecule is CN(C)[C@@H]1CCN(c2nc3cc(NC(=O)/C=C/c4ccc(C(F)(F)F)cc4)ccc3o2)C1. The first-order chi connectivity index (χ1) is 15.2. The Morgan fingerprint density at radius 1 is 1.22 bits per heavy atom. The maximum Gasteiger partial charge on any atom is 0.416 e. The minimum Gasteiger partial charge on any atom is -0.423 e. The second-order valence-corrected chi connectivity index (χ2v) is 7.97. The summed E-state index contributed by atoms with van der Waals surface area (Å²) in [6, 6.07) is 10.8. The molecule has 1 atom stereocenters. The summed E-state index contributed by atoms with van der Waals surface area (Å²) in [4.78, 5) is 21.1. The van der Waals surface area contributed by atoms with Crippen LogP contribution in [0.2, 0.25) is 0 Å². The highest BCUT2D eigenvalue weighted by Crippen LogP contribution is 2.29. The van der Waals surface area contributed by atoms with Gasteiger partial charge in [0.05, 0.1) is 5.56 Å². The van der Waals surface area contributed by atoms with E-state index in [0.717, 1.165) is 31.6 Å². The lowest BCUT2D eigenvalue weighted by atomic mass is 10.1. The van der Waals surface area contributed by atoms with Gasteiger partial charge in [-0.05, 0) is 62.5 Å². The van der Waals surface area contributed by atoms with E-state index in [0.29, 0.717) is 34.4 Å². The van der Waals surface area contributed by atoms with Crippen molar-refractivity contribution in [1.82, 2.24) is 9.88 Å². The molecule has 4 rings (SSSR count). The van der Waals surface area contributed by atoms with Crippen molar-refractivity contribution in [2.45, 2.75) is 18.6 Å². The van der Waals surface area contributed by atoms with Gasteiger partial charge in [0.25, 0.3) is 6.01 Å². The average Bonchev–Trinajstić information content (AvgIpc) is 3.39. The molecule has 2 heterocycles. The molecule has 6 nitrogen and oxygen atoms in total. The number of alkyl halides is 3. The zero-order chi connectivity index (χ0) is 22.9. The standard InChI is InChI=1S/C23H23F3N4O2/c1-29(2)18-11-12-30(14-18)22-28-19-13-17(8-9-20(19)32-22)27-21(31)10-5-15-3-6-16(7-4-15)23(24,25)26/h3-10,13,18H,11-12,14H2,1-2H3,(H,27,31)/b10-5+/t18-/m1/s1. The van der Waals surface area contributed by atoms with E-state index < -0.39 is 17.6 Å². The van der Waals surface area contributed by atoms with Crippen molar-refractivity contribution in [2.24, 2.45) is 0 Å². The van der Waals surface area contributed by atoms with Crippen molar-refractivity contribution < 1.29 is 22.4 Å². The van der Waals surface area contributed by atoms with Gasteiger partial charge in [-0.15, -0.1) is 0 Å². The van der Waals surface area contributed by atoms with Crippen molar-refractivity contribution in [3.8, 4) is 0 Å². The molecule has 0 unspecified atom stereocenters. The van der Waals surface area contributed by atoms with E-state index in [4.69, 9.17) is 4.42 Å². The number of amides is 1. The summed E-state index contributed by atoms with van der Waals surface area (Å²) >= 11 is 0. The zero-order valence-corrected chi connectivity index (χ0v) is 17.7. The lowest BCUT2D eigenvalue weighted by molar-refractivity contribution is -0.137. The highest BCUT2D eigenvalue weighted by atomic mass is 19.4. The fourth-order valence-electron chi connectivity index (χ4n) is 3.60. The Balaban J connectivity index is 1.40. The van der Waals surface area contributed by atoms with Crippen LogP contribution in [0, 0.1) is 0 Å². The number of nitrogens with zero attached hydrogens (tertiary/aromatic N) is 3. The number of hydrogen-bond donors (Lipinski definition) is 1. The molecule has 9 heteroatoms. The maximum atomic E-state index is 12.6. The summed E-state index contributed by atoms with van der Waals surface area (Å²) in [5.41, 5.74) is 1.58. The molecule has 0 spiro atoms. The van der Waals surface area contributed by atoms with E-state index in [-0.39, 0.29) is 0 Å². The summed E-state index contributed by atoms with van der Waals surface area (Å²) in [5.74, 6) is -0.402. The molecule has 1 amide bonds. The van der Waals surface area contributed by atoms with Crippen LogP contribution in [0.3, 0.4) is 0 Å². The number of fused-ring (bicyclic) bond motifs is 1. The smallest absolute Gasteiger partial charge is 0.416 e. The molecule has 168 valence electrons. The monoisotopic (exact) mass is 444 g/mol. The molecule has 1 saturated heterocycles. The third-order valence-electron chi connectivity index (χ3n) is 5.47. The second kappa shape index (κ2) is 8.66. The number of carbonyl (C=O) groups excluding carboxylic acids is 1. The number of carbonyl (C=O) groups is 1. The molecular formula is C23H23F3N4O2. The van der Waals surface area contributed by atoms with Crippen LogP contribution in [0.25, 0.3) is 17.2 Å². The van der Waals surface area contributed by atoms with E-state index in [1.807, 2.05) is 0 Å². The molecule has 1 aromatic heterocycles. The lowest BCUT2D eigenvalue weighted by Crippen LogP contribution is -2.31. The average molecular weight is 444 g/mol. The highest BCUT2D eigenvalue weighted by molar-refractivity contribution is 6.02. The minimum atomic E-state index is -4.39. The van der Waals surface area contributed by atoms with Crippen molar-refractivity contribution >= 4 is 34.8 Å².